The lowest BCUT2D eigenvalue weighted by Crippen LogP contribution is -2.37. The van der Waals surface area contributed by atoms with E-state index in [1.54, 1.807) is 18.2 Å². The average Bonchev–Trinajstić information content (AvgIpc) is 2.60. The minimum absolute atomic E-state index is 0.124. The quantitative estimate of drug-likeness (QED) is 0.850. The highest BCUT2D eigenvalue weighted by Gasteiger charge is 2.21. The number of primary amides is 1. The fourth-order valence-electron chi connectivity index (χ4n) is 2.96. The maximum atomic E-state index is 11.2. The Balaban J connectivity index is 1.52. The molecule has 0 atom stereocenters. The third-order valence-electron chi connectivity index (χ3n) is 4.36. The molecule has 0 aromatic heterocycles. The third-order valence-corrected chi connectivity index (χ3v) is 4.91. The summed E-state index contributed by atoms with van der Waals surface area (Å²) in [5.41, 5.74) is 6.90. The van der Waals surface area contributed by atoms with Crippen LogP contribution in [-0.4, -0.2) is 30.0 Å². The number of ether oxygens (including phenoxy) is 1. The molecule has 1 saturated heterocycles. The average molecular weight is 379 g/mol. The number of amides is 1. The van der Waals surface area contributed by atoms with Gasteiger partial charge in [-0.1, -0.05) is 35.3 Å². The van der Waals surface area contributed by atoms with Crippen LogP contribution in [0.3, 0.4) is 0 Å². The highest BCUT2D eigenvalue weighted by Crippen LogP contribution is 2.28. The van der Waals surface area contributed by atoms with Crippen molar-refractivity contribution >= 4 is 29.1 Å². The van der Waals surface area contributed by atoms with E-state index in [1.807, 2.05) is 12.1 Å². The Morgan fingerprint density at radius 3 is 2.40 bits per heavy atom. The molecule has 0 saturated carbocycles. The molecule has 132 valence electrons. The molecule has 0 aliphatic carbocycles. The summed E-state index contributed by atoms with van der Waals surface area (Å²) < 4.78 is 6.01. The molecule has 3 rings (SSSR count). The molecule has 25 heavy (non-hydrogen) atoms. The molecule has 1 aliphatic heterocycles. The first-order chi connectivity index (χ1) is 12.0. The Morgan fingerprint density at radius 2 is 1.80 bits per heavy atom. The van der Waals surface area contributed by atoms with Gasteiger partial charge in [0.1, 0.15) is 11.9 Å². The van der Waals surface area contributed by atoms with Crippen molar-refractivity contribution in [2.75, 3.05) is 13.1 Å². The maximum absolute atomic E-state index is 11.2. The van der Waals surface area contributed by atoms with Crippen LogP contribution in [0.15, 0.2) is 42.5 Å². The summed E-state index contributed by atoms with van der Waals surface area (Å²) in [5, 5.41) is 1.18. The second-order valence-electron chi connectivity index (χ2n) is 6.23. The number of nitrogens with zero attached hydrogens (tertiary/aromatic N) is 1. The van der Waals surface area contributed by atoms with Gasteiger partial charge in [0.05, 0.1) is 5.02 Å². The highest BCUT2D eigenvalue weighted by molar-refractivity contribution is 6.32. The molecule has 2 aromatic rings. The van der Waals surface area contributed by atoms with Crippen LogP contribution in [0.4, 0.5) is 0 Å². The van der Waals surface area contributed by atoms with Crippen LogP contribution in [0, 0.1) is 0 Å². The summed E-state index contributed by atoms with van der Waals surface area (Å²) in [6.45, 7) is 2.84. The largest absolute Gasteiger partial charge is 0.489 e. The molecular weight excluding hydrogens is 359 g/mol. The van der Waals surface area contributed by atoms with Gasteiger partial charge in [-0.05, 0) is 48.7 Å². The molecule has 1 fully saturated rings. The molecule has 0 radical (unpaired) electrons. The Labute approximate surface area is 157 Å². The van der Waals surface area contributed by atoms with Gasteiger partial charge >= 0.3 is 0 Å². The fraction of sp³-hybridized carbons (Fsp3) is 0.316. The monoisotopic (exact) mass is 378 g/mol. The van der Waals surface area contributed by atoms with Gasteiger partial charge in [0.25, 0.3) is 0 Å². The number of carbonyl (C=O) groups is 1. The van der Waals surface area contributed by atoms with Crippen LogP contribution in [0.1, 0.15) is 28.8 Å². The van der Waals surface area contributed by atoms with Crippen molar-refractivity contribution in [3.05, 3.63) is 63.6 Å². The Morgan fingerprint density at radius 1 is 1.12 bits per heavy atom. The third kappa shape index (κ3) is 4.88. The number of hydrogen-bond donors (Lipinski definition) is 1. The molecule has 1 heterocycles. The lowest BCUT2D eigenvalue weighted by molar-refractivity contribution is 0.0967. The Hall–Kier alpha value is -1.75. The summed E-state index contributed by atoms with van der Waals surface area (Å²) in [6, 6.07) is 12.9. The van der Waals surface area contributed by atoms with Crippen molar-refractivity contribution in [3.63, 3.8) is 0 Å². The molecule has 0 spiro atoms. The van der Waals surface area contributed by atoms with Gasteiger partial charge < -0.3 is 10.5 Å². The van der Waals surface area contributed by atoms with Gasteiger partial charge in [-0.25, -0.2) is 0 Å². The summed E-state index contributed by atoms with van der Waals surface area (Å²) >= 11 is 12.1. The number of carbonyl (C=O) groups excluding carboxylic acids is 1. The second kappa shape index (κ2) is 8.09. The molecule has 0 unspecified atom stereocenters. The lowest BCUT2D eigenvalue weighted by atomic mass is 10.1. The molecule has 2 aromatic carbocycles. The van der Waals surface area contributed by atoms with E-state index in [2.05, 4.69) is 17.0 Å². The summed E-state index contributed by atoms with van der Waals surface area (Å²) in [7, 11) is 0. The number of rotatable bonds is 5. The summed E-state index contributed by atoms with van der Waals surface area (Å²) in [6.07, 6.45) is 1.99. The topological polar surface area (TPSA) is 55.6 Å². The van der Waals surface area contributed by atoms with E-state index in [4.69, 9.17) is 33.7 Å². The van der Waals surface area contributed by atoms with Gasteiger partial charge in [-0.2, -0.15) is 0 Å². The number of benzene rings is 2. The maximum Gasteiger partial charge on any atom is 0.248 e. The number of likely N-dealkylation sites (tertiary alicyclic amines) is 1. The first-order valence-corrected chi connectivity index (χ1v) is 8.99. The Kier molecular flexibility index (Phi) is 5.84. The predicted molar refractivity (Wildman–Crippen MR) is 100 cm³/mol. The zero-order valence-electron chi connectivity index (χ0n) is 13.8. The molecule has 2 N–H and O–H groups in total. The number of nitrogens with two attached hydrogens (primary N) is 1. The highest BCUT2D eigenvalue weighted by atomic mass is 35.5. The SMILES string of the molecule is NC(=O)c1ccc(OC2CCN(Cc3ccc(Cl)cc3)CC2)c(Cl)c1. The van der Waals surface area contributed by atoms with E-state index >= 15 is 0 Å². The molecular formula is C19H20Cl2N2O2. The van der Waals surface area contributed by atoms with E-state index in [9.17, 15) is 4.79 Å². The van der Waals surface area contributed by atoms with Crippen molar-refractivity contribution in [2.45, 2.75) is 25.5 Å². The number of piperidine rings is 1. The number of halogens is 2. The van der Waals surface area contributed by atoms with E-state index in [0.717, 1.165) is 37.5 Å². The fourth-order valence-corrected chi connectivity index (χ4v) is 3.31. The second-order valence-corrected chi connectivity index (χ2v) is 7.07. The number of hydrogen-bond acceptors (Lipinski definition) is 3. The normalized spacial score (nSPS) is 15.9. The van der Waals surface area contributed by atoms with Crippen LogP contribution < -0.4 is 10.5 Å². The molecule has 0 bridgehead atoms. The van der Waals surface area contributed by atoms with Crippen LogP contribution in [0.2, 0.25) is 10.0 Å². The minimum Gasteiger partial charge on any atom is -0.489 e. The van der Waals surface area contributed by atoms with Gasteiger partial charge in [0, 0.05) is 30.2 Å². The summed E-state index contributed by atoms with van der Waals surface area (Å²) in [5.74, 6) is 0.103. The smallest absolute Gasteiger partial charge is 0.248 e. The van der Waals surface area contributed by atoms with E-state index in [1.165, 1.54) is 5.56 Å². The van der Waals surface area contributed by atoms with Crippen molar-refractivity contribution in [3.8, 4) is 5.75 Å². The first-order valence-electron chi connectivity index (χ1n) is 8.24. The predicted octanol–water partition coefficient (Wildman–Crippen LogP) is 4.14. The van der Waals surface area contributed by atoms with Crippen LogP contribution in [0.5, 0.6) is 5.75 Å². The van der Waals surface area contributed by atoms with Gasteiger partial charge in [0.15, 0.2) is 0 Å². The van der Waals surface area contributed by atoms with Gasteiger partial charge in [-0.15, -0.1) is 0 Å². The summed E-state index contributed by atoms with van der Waals surface area (Å²) in [4.78, 5) is 13.6. The van der Waals surface area contributed by atoms with Crippen molar-refractivity contribution in [2.24, 2.45) is 5.73 Å². The van der Waals surface area contributed by atoms with Gasteiger partial charge in [0.2, 0.25) is 5.91 Å². The first kappa shape index (κ1) is 18.1. The molecule has 1 amide bonds. The minimum atomic E-state index is -0.496. The molecule has 6 heteroatoms. The van der Waals surface area contributed by atoms with E-state index in [-0.39, 0.29) is 6.10 Å². The Bertz CT molecular complexity index is 742. The van der Waals surface area contributed by atoms with Crippen LogP contribution in [-0.2, 0) is 6.54 Å². The van der Waals surface area contributed by atoms with E-state index < -0.39 is 5.91 Å². The van der Waals surface area contributed by atoms with E-state index in [0.29, 0.717) is 16.3 Å². The zero-order chi connectivity index (χ0) is 17.8. The molecule has 4 nitrogen and oxygen atoms in total. The van der Waals surface area contributed by atoms with Gasteiger partial charge in [-0.3, -0.25) is 9.69 Å². The van der Waals surface area contributed by atoms with Crippen molar-refractivity contribution in [1.29, 1.82) is 0 Å². The van der Waals surface area contributed by atoms with Crippen LogP contribution >= 0.6 is 23.2 Å². The van der Waals surface area contributed by atoms with Crippen molar-refractivity contribution < 1.29 is 9.53 Å². The molecule has 1 aliphatic rings. The lowest BCUT2D eigenvalue weighted by Gasteiger charge is -2.32. The van der Waals surface area contributed by atoms with Crippen molar-refractivity contribution in [1.82, 2.24) is 4.90 Å². The standard InChI is InChI=1S/C19H20Cl2N2O2/c20-15-4-1-13(2-5-15)12-23-9-7-16(8-10-23)25-18-6-3-14(19(22)24)11-17(18)21/h1-6,11,16H,7-10,12H2,(H2,22,24). The van der Waals surface area contributed by atoms with Crippen LogP contribution in [0.25, 0.3) is 0 Å². The zero-order valence-corrected chi connectivity index (χ0v) is 15.3.